The van der Waals surface area contributed by atoms with Crippen LogP contribution in [0.3, 0.4) is 0 Å². The van der Waals surface area contributed by atoms with Gasteiger partial charge in [-0.1, -0.05) is 18.2 Å². The first kappa shape index (κ1) is 10.6. The Morgan fingerprint density at radius 3 is 2.50 bits per heavy atom. The quantitative estimate of drug-likeness (QED) is 0.705. The van der Waals surface area contributed by atoms with Crippen molar-refractivity contribution in [3.8, 4) is 5.69 Å². The third-order valence-corrected chi connectivity index (χ3v) is 2.61. The van der Waals surface area contributed by atoms with Gasteiger partial charge in [0.1, 0.15) is 0 Å². The molecule has 1 aromatic heterocycles. The molecule has 0 unspecified atom stereocenters. The minimum Gasteiger partial charge on any atom is -0.296 e. The number of para-hydroxylation sites is 1. The highest BCUT2D eigenvalue weighted by molar-refractivity contribution is 5.82. The molecule has 0 spiro atoms. The van der Waals surface area contributed by atoms with E-state index in [1.165, 1.54) is 0 Å². The molecule has 0 amide bonds. The fraction of sp³-hybridized carbons (Fsp3) is 0.231. The van der Waals surface area contributed by atoms with Gasteiger partial charge in [0.2, 0.25) is 0 Å². The lowest BCUT2D eigenvalue weighted by Crippen LogP contribution is -1.98. The molecule has 0 atom stereocenters. The maximum absolute atomic E-state index is 4.52. The first-order valence-electron chi connectivity index (χ1n) is 5.28. The highest BCUT2D eigenvalue weighted by Crippen LogP contribution is 2.15. The first-order valence-corrected chi connectivity index (χ1v) is 5.28. The Labute approximate surface area is 95.5 Å². The molecule has 2 aromatic rings. The molecule has 82 valence electrons. The van der Waals surface area contributed by atoms with Crippen LogP contribution in [0.4, 0.5) is 0 Å². The van der Waals surface area contributed by atoms with Gasteiger partial charge in [-0.3, -0.25) is 4.99 Å². The van der Waals surface area contributed by atoms with Gasteiger partial charge in [0.05, 0.1) is 17.1 Å². The molecule has 0 saturated heterocycles. The van der Waals surface area contributed by atoms with Crippen molar-refractivity contribution < 1.29 is 0 Å². The van der Waals surface area contributed by atoms with Crippen molar-refractivity contribution in [2.75, 3.05) is 7.05 Å². The zero-order valence-electron chi connectivity index (χ0n) is 9.81. The molecule has 2 rings (SSSR count). The molecule has 0 aliphatic rings. The van der Waals surface area contributed by atoms with Crippen LogP contribution >= 0.6 is 0 Å². The Morgan fingerprint density at radius 2 is 1.88 bits per heavy atom. The van der Waals surface area contributed by atoms with Crippen molar-refractivity contribution in [3.63, 3.8) is 0 Å². The highest BCUT2D eigenvalue weighted by Gasteiger charge is 2.10. The van der Waals surface area contributed by atoms with E-state index in [1.54, 1.807) is 7.05 Å². The minimum absolute atomic E-state index is 1.01. The van der Waals surface area contributed by atoms with E-state index in [0.717, 1.165) is 22.6 Å². The van der Waals surface area contributed by atoms with Gasteiger partial charge in [0.15, 0.2) is 0 Å². The van der Waals surface area contributed by atoms with Gasteiger partial charge in [-0.25, -0.2) is 4.68 Å². The summed E-state index contributed by atoms with van der Waals surface area (Å²) in [7, 11) is 1.78. The summed E-state index contributed by atoms with van der Waals surface area (Å²) in [5.41, 5.74) is 4.31. The van der Waals surface area contributed by atoms with Crippen molar-refractivity contribution in [2.24, 2.45) is 4.99 Å². The Bertz CT molecular complexity index is 509. The Balaban J connectivity index is 2.56. The summed E-state index contributed by atoms with van der Waals surface area (Å²) in [4.78, 5) is 4.06. The van der Waals surface area contributed by atoms with E-state index in [0.29, 0.717) is 0 Å². The molecule has 1 aromatic carbocycles. The number of nitrogens with zero attached hydrogens (tertiary/aromatic N) is 3. The Hall–Kier alpha value is -1.90. The van der Waals surface area contributed by atoms with Crippen LogP contribution in [-0.4, -0.2) is 23.0 Å². The van der Waals surface area contributed by atoms with E-state index in [-0.39, 0.29) is 0 Å². The summed E-state index contributed by atoms with van der Waals surface area (Å²) in [6.07, 6.45) is 1.86. The maximum atomic E-state index is 4.52. The SMILES string of the molecule is CN=Cc1c(C)nn(-c2ccccc2)c1C. The monoisotopic (exact) mass is 213 g/mol. The van der Waals surface area contributed by atoms with Crippen molar-refractivity contribution in [1.82, 2.24) is 9.78 Å². The van der Waals surface area contributed by atoms with E-state index < -0.39 is 0 Å². The largest absolute Gasteiger partial charge is 0.296 e. The summed E-state index contributed by atoms with van der Waals surface area (Å²) in [5, 5.41) is 4.52. The molecule has 3 nitrogen and oxygen atoms in total. The molecule has 1 heterocycles. The van der Waals surface area contributed by atoms with Crippen LogP contribution in [0.5, 0.6) is 0 Å². The standard InChI is InChI=1S/C13H15N3/c1-10-13(9-14-3)11(2)16(15-10)12-7-5-4-6-8-12/h4-9H,1-3H3. The fourth-order valence-corrected chi connectivity index (χ4v) is 1.79. The smallest absolute Gasteiger partial charge is 0.0688 e. The normalized spacial score (nSPS) is 11.2. The highest BCUT2D eigenvalue weighted by atomic mass is 15.3. The zero-order valence-corrected chi connectivity index (χ0v) is 9.81. The number of hydrogen-bond acceptors (Lipinski definition) is 2. The average Bonchev–Trinajstić information content (AvgIpc) is 2.59. The van der Waals surface area contributed by atoms with Gasteiger partial charge in [0.25, 0.3) is 0 Å². The van der Waals surface area contributed by atoms with E-state index in [4.69, 9.17) is 0 Å². The van der Waals surface area contributed by atoms with E-state index in [9.17, 15) is 0 Å². The predicted molar refractivity (Wildman–Crippen MR) is 66.6 cm³/mol. The number of aliphatic imine (C=N–C) groups is 1. The molecule has 3 heteroatoms. The molecule has 0 saturated carbocycles. The minimum atomic E-state index is 1.01. The lowest BCUT2D eigenvalue weighted by molar-refractivity contribution is 0.833. The third kappa shape index (κ3) is 1.76. The van der Waals surface area contributed by atoms with Crippen LogP contribution in [-0.2, 0) is 0 Å². The van der Waals surface area contributed by atoms with E-state index in [1.807, 2.05) is 48.2 Å². The zero-order chi connectivity index (χ0) is 11.5. The summed E-state index contributed by atoms with van der Waals surface area (Å²) in [5.74, 6) is 0. The predicted octanol–water partition coefficient (Wildman–Crippen LogP) is 2.54. The van der Waals surface area contributed by atoms with E-state index in [2.05, 4.69) is 17.0 Å². The second-order valence-corrected chi connectivity index (χ2v) is 3.72. The van der Waals surface area contributed by atoms with Gasteiger partial charge in [-0.15, -0.1) is 0 Å². The Kier molecular flexibility index (Phi) is 2.86. The third-order valence-electron chi connectivity index (χ3n) is 2.61. The molecular weight excluding hydrogens is 198 g/mol. The number of hydrogen-bond donors (Lipinski definition) is 0. The molecular formula is C13H15N3. The lowest BCUT2D eigenvalue weighted by atomic mass is 10.2. The van der Waals surface area contributed by atoms with E-state index >= 15 is 0 Å². The summed E-state index contributed by atoms with van der Waals surface area (Å²) in [6.45, 7) is 4.06. The first-order chi connectivity index (χ1) is 7.74. The summed E-state index contributed by atoms with van der Waals surface area (Å²) >= 11 is 0. The molecule has 0 bridgehead atoms. The number of aryl methyl sites for hydroxylation is 1. The van der Waals surface area contributed by atoms with Crippen molar-refractivity contribution in [2.45, 2.75) is 13.8 Å². The number of rotatable bonds is 2. The molecule has 0 fully saturated rings. The van der Waals surface area contributed by atoms with Gasteiger partial charge in [-0.05, 0) is 26.0 Å². The lowest BCUT2D eigenvalue weighted by Gasteiger charge is -2.03. The van der Waals surface area contributed by atoms with Crippen LogP contribution in [0.1, 0.15) is 17.0 Å². The topological polar surface area (TPSA) is 30.2 Å². The molecule has 0 aliphatic carbocycles. The number of benzene rings is 1. The van der Waals surface area contributed by atoms with Crippen LogP contribution < -0.4 is 0 Å². The van der Waals surface area contributed by atoms with Crippen molar-refractivity contribution in [1.29, 1.82) is 0 Å². The maximum Gasteiger partial charge on any atom is 0.0688 e. The summed E-state index contributed by atoms with van der Waals surface area (Å²) in [6, 6.07) is 10.1. The molecule has 0 N–H and O–H groups in total. The van der Waals surface area contributed by atoms with Crippen LogP contribution in [0.2, 0.25) is 0 Å². The van der Waals surface area contributed by atoms with Gasteiger partial charge in [-0.2, -0.15) is 5.10 Å². The average molecular weight is 213 g/mol. The fourth-order valence-electron chi connectivity index (χ4n) is 1.79. The Morgan fingerprint density at radius 1 is 1.19 bits per heavy atom. The van der Waals surface area contributed by atoms with Crippen LogP contribution in [0.15, 0.2) is 35.3 Å². The summed E-state index contributed by atoms with van der Waals surface area (Å²) < 4.78 is 1.95. The molecule has 0 radical (unpaired) electrons. The van der Waals surface area contributed by atoms with Crippen LogP contribution in [0, 0.1) is 13.8 Å². The molecule has 16 heavy (non-hydrogen) atoms. The second-order valence-electron chi connectivity index (χ2n) is 3.72. The van der Waals surface area contributed by atoms with Crippen molar-refractivity contribution >= 4 is 6.21 Å². The van der Waals surface area contributed by atoms with Gasteiger partial charge >= 0.3 is 0 Å². The van der Waals surface area contributed by atoms with Crippen LogP contribution in [0.25, 0.3) is 5.69 Å². The number of aromatic nitrogens is 2. The molecule has 0 aliphatic heterocycles. The van der Waals surface area contributed by atoms with Crippen molar-refractivity contribution in [3.05, 3.63) is 47.3 Å². The second kappa shape index (κ2) is 4.31. The van der Waals surface area contributed by atoms with Gasteiger partial charge < -0.3 is 0 Å². The van der Waals surface area contributed by atoms with Gasteiger partial charge in [0, 0.05) is 18.8 Å².